The number of hydrogen-bond donors (Lipinski definition) is 1. The second kappa shape index (κ2) is 13.8. The molecule has 0 spiro atoms. The Morgan fingerprint density at radius 1 is 0.909 bits per heavy atom. The molecule has 2 saturated heterocycles. The van der Waals surface area contributed by atoms with Gasteiger partial charge in [0.25, 0.3) is 11.5 Å². The van der Waals surface area contributed by atoms with Crippen molar-refractivity contribution in [2.45, 2.75) is 121 Å². The van der Waals surface area contributed by atoms with Crippen LogP contribution in [0.1, 0.15) is 109 Å². The van der Waals surface area contributed by atoms with Crippen LogP contribution in [0, 0.1) is 11.8 Å². The molecule has 1 amide bonds. The van der Waals surface area contributed by atoms with E-state index in [1.54, 1.807) is 6.92 Å². The molecule has 10 nitrogen and oxygen atoms in total. The molecule has 2 aliphatic heterocycles. The summed E-state index contributed by atoms with van der Waals surface area (Å²) >= 11 is 0. The van der Waals surface area contributed by atoms with Crippen LogP contribution in [-0.2, 0) is 19.2 Å². The summed E-state index contributed by atoms with van der Waals surface area (Å²) in [7, 11) is 0. The van der Waals surface area contributed by atoms with E-state index in [4.69, 9.17) is 20.3 Å². The maximum Gasteiger partial charge on any atom is 0.306 e. The predicted molar refractivity (Wildman–Crippen MR) is 168 cm³/mol. The summed E-state index contributed by atoms with van der Waals surface area (Å²) in [6, 6.07) is 9.37. The maximum absolute atomic E-state index is 14.4. The van der Waals surface area contributed by atoms with Crippen molar-refractivity contribution in [3.8, 4) is 0 Å². The zero-order chi connectivity index (χ0) is 30.6. The maximum atomic E-state index is 14.4. The van der Waals surface area contributed by atoms with Gasteiger partial charge in [0, 0.05) is 30.6 Å². The van der Waals surface area contributed by atoms with E-state index in [2.05, 4.69) is 10.1 Å². The summed E-state index contributed by atoms with van der Waals surface area (Å²) in [6.45, 7) is 1.57. The van der Waals surface area contributed by atoms with Crippen molar-refractivity contribution in [3.63, 3.8) is 0 Å². The van der Waals surface area contributed by atoms with Gasteiger partial charge in [-0.2, -0.15) is 0 Å². The van der Waals surface area contributed by atoms with E-state index in [0.29, 0.717) is 23.6 Å². The highest BCUT2D eigenvalue weighted by molar-refractivity contribution is 6.00. The van der Waals surface area contributed by atoms with Crippen LogP contribution in [0.5, 0.6) is 0 Å². The Labute approximate surface area is 259 Å². The first-order chi connectivity index (χ1) is 21.4. The van der Waals surface area contributed by atoms with Crippen LogP contribution in [0.25, 0.3) is 11.0 Å². The number of nitrogens with zero attached hydrogens (tertiary/aromatic N) is 4. The van der Waals surface area contributed by atoms with E-state index >= 15 is 0 Å². The van der Waals surface area contributed by atoms with Crippen molar-refractivity contribution in [1.82, 2.24) is 14.5 Å². The quantitative estimate of drug-likeness (QED) is 0.233. The Hall–Kier alpha value is -3.27. The number of aromatic nitrogens is 2. The molecule has 2 aromatic rings. The highest BCUT2D eigenvalue weighted by atomic mass is 16.6. The summed E-state index contributed by atoms with van der Waals surface area (Å²) in [5.41, 5.74) is 6.86. The molecule has 2 aliphatic carbocycles. The predicted octanol–water partition coefficient (Wildman–Crippen LogP) is 4.86. The van der Waals surface area contributed by atoms with Gasteiger partial charge in [0.1, 0.15) is 5.71 Å². The fourth-order valence-corrected chi connectivity index (χ4v) is 8.85. The SMILES string of the molecule is CCOC(=O)CC/C(=N\OCC(N)=O)c1nc2ccccc2n(C2C[C@H]3CCC[C@@H](C2)N3C2CC3CCCCC(C3)C2)c1=O. The number of benzene rings is 1. The first-order valence-electron chi connectivity index (χ1n) is 16.8. The number of para-hydroxylation sites is 2. The van der Waals surface area contributed by atoms with E-state index < -0.39 is 18.5 Å². The summed E-state index contributed by atoms with van der Waals surface area (Å²) < 4.78 is 7.05. The summed E-state index contributed by atoms with van der Waals surface area (Å²) in [5, 5.41) is 4.11. The van der Waals surface area contributed by atoms with Crippen LogP contribution in [-0.4, -0.2) is 63.4 Å². The van der Waals surface area contributed by atoms with Crippen molar-refractivity contribution in [1.29, 1.82) is 0 Å². The third-order valence-electron chi connectivity index (χ3n) is 10.5. The molecule has 238 valence electrons. The van der Waals surface area contributed by atoms with Crippen molar-refractivity contribution in [2.24, 2.45) is 22.7 Å². The van der Waals surface area contributed by atoms with E-state index in [0.717, 1.165) is 30.2 Å². The fourth-order valence-electron chi connectivity index (χ4n) is 8.85. The van der Waals surface area contributed by atoms with Gasteiger partial charge in [0.15, 0.2) is 12.3 Å². The van der Waals surface area contributed by atoms with Crippen molar-refractivity contribution >= 4 is 28.6 Å². The largest absolute Gasteiger partial charge is 0.466 e. The van der Waals surface area contributed by atoms with Gasteiger partial charge in [0.2, 0.25) is 0 Å². The zero-order valence-electron chi connectivity index (χ0n) is 26.0. The number of carbonyl (C=O) groups is 2. The number of carbonyl (C=O) groups excluding carboxylic acids is 2. The second-order valence-electron chi connectivity index (χ2n) is 13.4. The van der Waals surface area contributed by atoms with Crippen LogP contribution >= 0.6 is 0 Å². The van der Waals surface area contributed by atoms with Gasteiger partial charge in [0.05, 0.1) is 24.1 Å². The molecule has 5 atom stereocenters. The molecule has 1 aromatic heterocycles. The minimum absolute atomic E-state index is 0.00641. The van der Waals surface area contributed by atoms with Crippen LogP contribution in [0.4, 0.5) is 0 Å². The lowest BCUT2D eigenvalue weighted by atomic mass is 9.73. The third-order valence-corrected chi connectivity index (χ3v) is 10.5. The van der Waals surface area contributed by atoms with E-state index in [-0.39, 0.29) is 42.5 Å². The zero-order valence-corrected chi connectivity index (χ0v) is 26.0. The summed E-state index contributed by atoms with van der Waals surface area (Å²) in [6.07, 6.45) is 15.2. The van der Waals surface area contributed by atoms with Gasteiger partial charge in [-0.1, -0.05) is 49.4 Å². The number of amides is 1. The standard InChI is InChI=1S/C34H47N5O5/c1-2-43-32(41)15-14-29(37-44-21-31(35)40)33-34(42)39(30-13-6-5-12-28(30)36-33)27-19-24-10-7-11-25(20-27)38(24)26-17-22-8-3-4-9-23(16-22)18-26/h5-6,12-13,22-27H,2-4,7-11,14-21H2,1H3,(H2,35,40)/b37-29+/t22?,23?,24-,25+,26?,27?. The van der Waals surface area contributed by atoms with Crippen molar-refractivity contribution in [3.05, 3.63) is 40.3 Å². The first-order valence-corrected chi connectivity index (χ1v) is 16.8. The van der Waals surface area contributed by atoms with Gasteiger partial charge >= 0.3 is 5.97 Å². The molecule has 3 unspecified atom stereocenters. The fraction of sp³-hybridized carbons (Fsp3) is 0.676. The molecule has 2 saturated carbocycles. The van der Waals surface area contributed by atoms with Gasteiger partial charge < -0.3 is 19.9 Å². The number of esters is 1. The molecule has 1 aromatic carbocycles. The van der Waals surface area contributed by atoms with Crippen LogP contribution < -0.4 is 11.3 Å². The normalized spacial score (nSPS) is 29.2. The Bertz CT molecular complexity index is 1410. The average Bonchev–Trinajstić information content (AvgIpc) is 3.17. The van der Waals surface area contributed by atoms with Gasteiger partial charge in [-0.25, -0.2) is 4.98 Å². The highest BCUT2D eigenvalue weighted by Gasteiger charge is 2.45. The Morgan fingerprint density at radius 3 is 2.30 bits per heavy atom. The van der Waals surface area contributed by atoms with E-state index in [9.17, 15) is 14.4 Å². The first kappa shape index (κ1) is 30.7. The smallest absolute Gasteiger partial charge is 0.306 e. The Morgan fingerprint density at radius 2 is 1.61 bits per heavy atom. The molecule has 2 N–H and O–H groups in total. The lowest BCUT2D eigenvalue weighted by Gasteiger charge is -2.54. The number of primary amides is 1. The van der Waals surface area contributed by atoms with Crippen molar-refractivity contribution < 1.29 is 19.2 Å². The highest BCUT2D eigenvalue weighted by Crippen LogP contribution is 2.47. The molecule has 4 fully saturated rings. The average molecular weight is 606 g/mol. The van der Waals surface area contributed by atoms with Crippen LogP contribution in [0.3, 0.4) is 0 Å². The number of ether oxygens (including phenoxy) is 1. The molecule has 4 bridgehead atoms. The van der Waals surface area contributed by atoms with E-state index in [1.807, 2.05) is 28.8 Å². The minimum atomic E-state index is -0.683. The van der Waals surface area contributed by atoms with Crippen molar-refractivity contribution in [2.75, 3.05) is 13.2 Å². The molecule has 0 radical (unpaired) electrons. The van der Waals surface area contributed by atoms with E-state index in [1.165, 1.54) is 64.2 Å². The van der Waals surface area contributed by atoms with Gasteiger partial charge in [-0.05, 0) is 75.8 Å². The summed E-state index contributed by atoms with van der Waals surface area (Å²) in [4.78, 5) is 50.8. The number of rotatable bonds is 10. The molecular formula is C34H47N5O5. The Kier molecular flexibility index (Phi) is 9.64. The van der Waals surface area contributed by atoms with Gasteiger partial charge in [-0.3, -0.25) is 19.3 Å². The minimum Gasteiger partial charge on any atom is -0.466 e. The second-order valence-corrected chi connectivity index (χ2v) is 13.4. The number of hydrogen-bond acceptors (Lipinski definition) is 8. The number of piperidine rings is 2. The number of fused-ring (bicyclic) bond motifs is 5. The van der Waals surface area contributed by atoms with Crippen LogP contribution in [0.2, 0.25) is 0 Å². The van der Waals surface area contributed by atoms with Gasteiger partial charge in [-0.15, -0.1) is 0 Å². The Balaban J connectivity index is 1.33. The molecule has 3 heterocycles. The molecule has 6 rings (SSSR count). The molecular weight excluding hydrogens is 558 g/mol. The topological polar surface area (TPSA) is 129 Å². The number of nitrogens with two attached hydrogens (primary N) is 1. The van der Waals surface area contributed by atoms with Crippen LogP contribution in [0.15, 0.2) is 34.2 Å². The summed E-state index contributed by atoms with van der Waals surface area (Å²) in [5.74, 6) is 0.660. The molecule has 10 heteroatoms. The molecule has 44 heavy (non-hydrogen) atoms. The molecule has 4 aliphatic rings. The lowest BCUT2D eigenvalue weighted by Crippen LogP contribution is -2.58. The lowest BCUT2D eigenvalue weighted by molar-refractivity contribution is -0.142. The number of oxime groups is 1. The third kappa shape index (κ3) is 6.70. The monoisotopic (exact) mass is 605 g/mol.